The number of aliphatic hydroxyl groups is 1. The summed E-state index contributed by atoms with van der Waals surface area (Å²) >= 11 is 0. The Morgan fingerprint density at radius 1 is 1.39 bits per heavy atom. The maximum Gasteiger partial charge on any atom is 0.326 e. The molecule has 0 bridgehead atoms. The molecule has 104 valence electrons. The predicted octanol–water partition coefficient (Wildman–Crippen LogP) is 0.287. The lowest BCUT2D eigenvalue weighted by atomic mass is 10.0. The lowest BCUT2D eigenvalue weighted by molar-refractivity contribution is -0.142. The van der Waals surface area contributed by atoms with Gasteiger partial charge in [-0.05, 0) is 25.7 Å². The summed E-state index contributed by atoms with van der Waals surface area (Å²) in [6.45, 7) is 0.484. The SMILES string of the molecule is O=C(CCC1CCCCO1)N[C@H](CCO)C(=O)O. The number of aliphatic hydroxyl groups excluding tert-OH is 1. The van der Waals surface area contributed by atoms with Crippen LogP contribution in [0.2, 0.25) is 0 Å². The molecule has 1 rings (SSSR count). The Bertz CT molecular complexity index is 276. The molecule has 1 unspecified atom stereocenters. The van der Waals surface area contributed by atoms with Crippen molar-refractivity contribution in [3.8, 4) is 0 Å². The Morgan fingerprint density at radius 2 is 2.17 bits per heavy atom. The maximum atomic E-state index is 11.6. The standard InChI is InChI=1S/C12H21NO5/c14-7-6-10(12(16)17)13-11(15)5-4-9-3-1-2-8-18-9/h9-10,14H,1-8H2,(H,13,15)(H,16,17)/t9?,10-/m1/s1. The van der Waals surface area contributed by atoms with Gasteiger partial charge in [0.05, 0.1) is 6.10 Å². The van der Waals surface area contributed by atoms with E-state index in [0.29, 0.717) is 6.42 Å². The number of carboxylic acid groups (broad SMARTS) is 1. The van der Waals surface area contributed by atoms with Crippen LogP contribution in [0, 0.1) is 0 Å². The van der Waals surface area contributed by atoms with E-state index in [1.807, 2.05) is 0 Å². The Labute approximate surface area is 106 Å². The van der Waals surface area contributed by atoms with Gasteiger partial charge in [0.2, 0.25) is 5.91 Å². The van der Waals surface area contributed by atoms with Crippen molar-refractivity contribution in [1.29, 1.82) is 0 Å². The fraction of sp³-hybridized carbons (Fsp3) is 0.833. The van der Waals surface area contributed by atoms with Crippen LogP contribution < -0.4 is 5.32 Å². The Morgan fingerprint density at radius 3 is 2.72 bits per heavy atom. The number of ether oxygens (including phenoxy) is 1. The second-order valence-electron chi connectivity index (χ2n) is 4.50. The smallest absolute Gasteiger partial charge is 0.326 e. The average Bonchev–Trinajstić information content (AvgIpc) is 2.37. The van der Waals surface area contributed by atoms with Crippen LogP contribution in [0.3, 0.4) is 0 Å². The van der Waals surface area contributed by atoms with Crippen molar-refractivity contribution in [2.24, 2.45) is 0 Å². The Balaban J connectivity index is 2.24. The topological polar surface area (TPSA) is 95.9 Å². The molecule has 1 amide bonds. The van der Waals surface area contributed by atoms with Crippen LogP contribution in [0.1, 0.15) is 38.5 Å². The van der Waals surface area contributed by atoms with E-state index >= 15 is 0 Å². The van der Waals surface area contributed by atoms with Gasteiger partial charge < -0.3 is 20.3 Å². The van der Waals surface area contributed by atoms with Crippen LogP contribution >= 0.6 is 0 Å². The fourth-order valence-corrected chi connectivity index (χ4v) is 1.98. The second kappa shape index (κ2) is 8.05. The molecule has 1 saturated heterocycles. The van der Waals surface area contributed by atoms with E-state index in [0.717, 1.165) is 25.9 Å². The summed E-state index contributed by atoms with van der Waals surface area (Å²) in [6, 6.07) is -1.00. The third kappa shape index (κ3) is 5.46. The van der Waals surface area contributed by atoms with E-state index in [-0.39, 0.29) is 31.5 Å². The van der Waals surface area contributed by atoms with Gasteiger partial charge in [0, 0.05) is 26.1 Å². The van der Waals surface area contributed by atoms with Crippen molar-refractivity contribution < 1.29 is 24.5 Å². The molecular formula is C12H21NO5. The molecule has 18 heavy (non-hydrogen) atoms. The quantitative estimate of drug-likeness (QED) is 0.610. The number of carbonyl (C=O) groups is 2. The van der Waals surface area contributed by atoms with E-state index in [2.05, 4.69) is 5.32 Å². The first kappa shape index (κ1) is 14.9. The molecule has 1 aliphatic heterocycles. The summed E-state index contributed by atoms with van der Waals surface area (Å²) in [5, 5.41) is 19.9. The lowest BCUT2D eigenvalue weighted by Crippen LogP contribution is -2.41. The van der Waals surface area contributed by atoms with Gasteiger partial charge in [-0.1, -0.05) is 0 Å². The Hall–Kier alpha value is -1.14. The average molecular weight is 259 g/mol. The molecule has 1 fully saturated rings. The number of carboxylic acids is 1. The highest BCUT2D eigenvalue weighted by Crippen LogP contribution is 2.16. The number of hydrogen-bond acceptors (Lipinski definition) is 4. The first-order valence-corrected chi connectivity index (χ1v) is 6.38. The highest BCUT2D eigenvalue weighted by atomic mass is 16.5. The van der Waals surface area contributed by atoms with Gasteiger partial charge in [0.1, 0.15) is 6.04 Å². The molecule has 6 heteroatoms. The van der Waals surface area contributed by atoms with Gasteiger partial charge in [-0.2, -0.15) is 0 Å². The highest BCUT2D eigenvalue weighted by molar-refractivity contribution is 5.83. The summed E-state index contributed by atoms with van der Waals surface area (Å²) in [7, 11) is 0. The van der Waals surface area contributed by atoms with Crippen molar-refractivity contribution in [3.05, 3.63) is 0 Å². The number of rotatable bonds is 7. The molecule has 0 aromatic heterocycles. The van der Waals surface area contributed by atoms with Gasteiger partial charge in [-0.25, -0.2) is 4.79 Å². The first-order valence-electron chi connectivity index (χ1n) is 6.38. The molecule has 1 heterocycles. The van der Waals surface area contributed by atoms with E-state index in [1.54, 1.807) is 0 Å². The van der Waals surface area contributed by atoms with Gasteiger partial charge >= 0.3 is 5.97 Å². The van der Waals surface area contributed by atoms with Crippen molar-refractivity contribution in [3.63, 3.8) is 0 Å². The minimum atomic E-state index is -1.12. The molecule has 2 atom stereocenters. The van der Waals surface area contributed by atoms with Crippen LogP contribution in [0.4, 0.5) is 0 Å². The lowest BCUT2D eigenvalue weighted by Gasteiger charge is -2.22. The maximum absolute atomic E-state index is 11.6. The predicted molar refractivity (Wildman–Crippen MR) is 64.1 cm³/mol. The molecule has 6 nitrogen and oxygen atoms in total. The Kier molecular flexibility index (Phi) is 6.67. The van der Waals surface area contributed by atoms with Crippen molar-refractivity contribution in [2.75, 3.05) is 13.2 Å². The number of nitrogens with one attached hydrogen (secondary N) is 1. The number of hydrogen-bond donors (Lipinski definition) is 3. The van der Waals surface area contributed by atoms with Gasteiger partial charge in [0.25, 0.3) is 0 Å². The zero-order valence-electron chi connectivity index (χ0n) is 10.4. The van der Waals surface area contributed by atoms with Crippen molar-refractivity contribution in [1.82, 2.24) is 5.32 Å². The monoisotopic (exact) mass is 259 g/mol. The van der Waals surface area contributed by atoms with E-state index in [9.17, 15) is 9.59 Å². The minimum Gasteiger partial charge on any atom is -0.480 e. The molecule has 1 aliphatic rings. The molecular weight excluding hydrogens is 238 g/mol. The summed E-state index contributed by atoms with van der Waals surface area (Å²) < 4.78 is 5.49. The third-order valence-corrected chi connectivity index (χ3v) is 3.02. The summed E-state index contributed by atoms with van der Waals surface area (Å²) in [4.78, 5) is 22.3. The zero-order chi connectivity index (χ0) is 13.4. The molecule has 0 aliphatic carbocycles. The molecule has 0 aromatic rings. The van der Waals surface area contributed by atoms with Crippen LogP contribution in [0.15, 0.2) is 0 Å². The fourth-order valence-electron chi connectivity index (χ4n) is 1.98. The van der Waals surface area contributed by atoms with Crippen LogP contribution in [-0.4, -0.2) is 47.4 Å². The normalized spacial score (nSPS) is 21.3. The summed E-state index contributed by atoms with van der Waals surface area (Å²) in [5.74, 6) is -1.42. The van der Waals surface area contributed by atoms with Gasteiger partial charge in [-0.3, -0.25) is 4.79 Å². The largest absolute Gasteiger partial charge is 0.480 e. The molecule has 3 N–H and O–H groups in total. The number of aliphatic carboxylic acids is 1. The van der Waals surface area contributed by atoms with Crippen LogP contribution in [0.25, 0.3) is 0 Å². The number of carbonyl (C=O) groups excluding carboxylic acids is 1. The minimum absolute atomic E-state index is 0.0288. The third-order valence-electron chi connectivity index (χ3n) is 3.02. The molecule has 0 radical (unpaired) electrons. The molecule has 0 saturated carbocycles. The second-order valence-corrected chi connectivity index (χ2v) is 4.50. The summed E-state index contributed by atoms with van der Waals surface area (Å²) in [6.07, 6.45) is 4.19. The summed E-state index contributed by atoms with van der Waals surface area (Å²) in [5.41, 5.74) is 0. The number of amides is 1. The van der Waals surface area contributed by atoms with E-state index in [4.69, 9.17) is 14.9 Å². The van der Waals surface area contributed by atoms with E-state index in [1.165, 1.54) is 0 Å². The molecule has 0 aromatic carbocycles. The van der Waals surface area contributed by atoms with Crippen LogP contribution in [0.5, 0.6) is 0 Å². The zero-order valence-corrected chi connectivity index (χ0v) is 10.4. The van der Waals surface area contributed by atoms with Crippen molar-refractivity contribution in [2.45, 2.75) is 50.7 Å². The highest BCUT2D eigenvalue weighted by Gasteiger charge is 2.20. The first-order chi connectivity index (χ1) is 8.63. The van der Waals surface area contributed by atoms with Gasteiger partial charge in [-0.15, -0.1) is 0 Å². The van der Waals surface area contributed by atoms with Crippen molar-refractivity contribution >= 4 is 11.9 Å². The van der Waals surface area contributed by atoms with E-state index < -0.39 is 12.0 Å². The van der Waals surface area contributed by atoms with Gasteiger partial charge in [0.15, 0.2) is 0 Å². The van der Waals surface area contributed by atoms with Crippen LogP contribution in [-0.2, 0) is 14.3 Å². The molecule has 0 spiro atoms.